The van der Waals surface area contributed by atoms with Crippen molar-refractivity contribution < 1.29 is 23.4 Å². The minimum absolute atomic E-state index is 0.172. The molecule has 0 saturated carbocycles. The largest absolute Gasteiger partial charge is 0.493 e. The maximum absolute atomic E-state index is 13.6. The number of aromatic nitrogens is 1. The van der Waals surface area contributed by atoms with E-state index in [-0.39, 0.29) is 17.7 Å². The topological polar surface area (TPSA) is 79.1 Å². The van der Waals surface area contributed by atoms with Crippen molar-refractivity contribution in [2.75, 3.05) is 20.8 Å². The number of rotatable bonds is 6. The summed E-state index contributed by atoms with van der Waals surface area (Å²) >= 11 is 1.19. The molecular formula is C25H23FN2O5S. The number of allylic oxidation sites excluding steroid dienone is 1. The van der Waals surface area contributed by atoms with Crippen molar-refractivity contribution in [3.05, 3.63) is 90.4 Å². The number of hydrogen-bond donors (Lipinski definition) is 0. The number of benzene rings is 2. The van der Waals surface area contributed by atoms with Crippen molar-refractivity contribution in [3.8, 4) is 11.5 Å². The number of halogens is 1. The molecule has 0 radical (unpaired) electrons. The lowest BCUT2D eigenvalue weighted by Crippen LogP contribution is -2.39. The van der Waals surface area contributed by atoms with Gasteiger partial charge in [0, 0.05) is 5.56 Å². The summed E-state index contributed by atoms with van der Waals surface area (Å²) in [5.41, 5.74) is 1.58. The molecule has 2 heterocycles. The lowest BCUT2D eigenvalue weighted by Gasteiger charge is -2.24. The summed E-state index contributed by atoms with van der Waals surface area (Å²) in [6.07, 6.45) is 1.70. The zero-order chi connectivity index (χ0) is 24.4. The zero-order valence-corrected chi connectivity index (χ0v) is 19.9. The van der Waals surface area contributed by atoms with Crippen molar-refractivity contribution >= 4 is 23.4 Å². The lowest BCUT2D eigenvalue weighted by molar-refractivity contribution is -0.139. The molecule has 1 aliphatic rings. The molecule has 0 N–H and O–H groups in total. The van der Waals surface area contributed by atoms with E-state index in [0.29, 0.717) is 37.7 Å². The van der Waals surface area contributed by atoms with Crippen LogP contribution >= 0.6 is 11.3 Å². The predicted octanol–water partition coefficient (Wildman–Crippen LogP) is 2.95. The van der Waals surface area contributed by atoms with Crippen molar-refractivity contribution in [2.24, 2.45) is 4.99 Å². The predicted molar refractivity (Wildman–Crippen MR) is 126 cm³/mol. The molecule has 7 nitrogen and oxygen atoms in total. The second kappa shape index (κ2) is 9.64. The first-order valence-corrected chi connectivity index (χ1v) is 11.4. The first kappa shape index (κ1) is 23.4. The fraction of sp³-hybridized carbons (Fsp3) is 0.240. The van der Waals surface area contributed by atoms with Crippen LogP contribution < -0.4 is 24.4 Å². The number of thiazole rings is 1. The van der Waals surface area contributed by atoms with Gasteiger partial charge >= 0.3 is 5.97 Å². The third-order valence-electron chi connectivity index (χ3n) is 5.42. The molecule has 2 aromatic carbocycles. The molecule has 1 aliphatic heterocycles. The SMILES string of the molecule is CCOC(=O)C1=C(C)N=c2sc(=Cc3cccc(OC)c3OC)c(=O)n2C1c1ccc(F)cc1. The quantitative estimate of drug-likeness (QED) is 0.505. The van der Waals surface area contributed by atoms with Gasteiger partial charge in [0.15, 0.2) is 16.3 Å². The Balaban J connectivity index is 1.97. The standard InChI is InChI=1S/C25H23FN2O5S/c1-5-33-24(30)20-14(2)27-25-28(21(20)15-9-11-17(26)12-10-15)23(29)19(34-25)13-16-7-6-8-18(31-3)22(16)32-4/h6-13,21H,5H2,1-4H3. The molecule has 9 heteroatoms. The molecule has 1 unspecified atom stereocenters. The van der Waals surface area contributed by atoms with Gasteiger partial charge in [0.25, 0.3) is 5.56 Å². The highest BCUT2D eigenvalue weighted by molar-refractivity contribution is 7.07. The molecule has 0 fully saturated rings. The Kier molecular flexibility index (Phi) is 6.65. The minimum atomic E-state index is -0.801. The molecule has 1 aromatic heterocycles. The van der Waals surface area contributed by atoms with Crippen LogP contribution in [0.2, 0.25) is 0 Å². The third-order valence-corrected chi connectivity index (χ3v) is 6.41. The lowest BCUT2D eigenvalue weighted by atomic mass is 9.96. The molecular weight excluding hydrogens is 459 g/mol. The van der Waals surface area contributed by atoms with Gasteiger partial charge in [0.1, 0.15) is 5.82 Å². The number of hydrogen-bond acceptors (Lipinski definition) is 7. The van der Waals surface area contributed by atoms with Gasteiger partial charge < -0.3 is 14.2 Å². The number of methoxy groups -OCH3 is 2. The summed E-state index contributed by atoms with van der Waals surface area (Å²) in [4.78, 5) is 31.4. The van der Waals surface area contributed by atoms with Gasteiger partial charge in [-0.2, -0.15) is 0 Å². The number of carbonyl (C=O) groups excluding carboxylic acids is 1. The second-order valence-electron chi connectivity index (χ2n) is 7.44. The fourth-order valence-electron chi connectivity index (χ4n) is 3.92. The first-order valence-electron chi connectivity index (χ1n) is 10.6. The zero-order valence-electron chi connectivity index (χ0n) is 19.1. The Labute approximate surface area is 199 Å². The van der Waals surface area contributed by atoms with Crippen LogP contribution in [-0.2, 0) is 9.53 Å². The van der Waals surface area contributed by atoms with E-state index < -0.39 is 17.8 Å². The van der Waals surface area contributed by atoms with Crippen LogP contribution in [0.5, 0.6) is 11.5 Å². The molecule has 34 heavy (non-hydrogen) atoms. The second-order valence-corrected chi connectivity index (χ2v) is 8.45. The summed E-state index contributed by atoms with van der Waals surface area (Å²) in [6, 6.07) is 10.3. The van der Waals surface area contributed by atoms with E-state index in [2.05, 4.69) is 4.99 Å². The van der Waals surface area contributed by atoms with Gasteiger partial charge in [0.05, 0.1) is 42.7 Å². The maximum atomic E-state index is 13.6. The van der Waals surface area contributed by atoms with E-state index in [1.54, 1.807) is 44.2 Å². The molecule has 3 aromatic rings. The maximum Gasteiger partial charge on any atom is 0.338 e. The summed E-state index contributed by atoms with van der Waals surface area (Å²) in [5, 5.41) is 0. The average Bonchev–Trinajstić information content (AvgIpc) is 3.13. The fourth-order valence-corrected chi connectivity index (χ4v) is 4.96. The number of carbonyl (C=O) groups is 1. The van der Waals surface area contributed by atoms with Crippen molar-refractivity contribution in [1.82, 2.24) is 4.57 Å². The molecule has 0 spiro atoms. The monoisotopic (exact) mass is 482 g/mol. The van der Waals surface area contributed by atoms with E-state index >= 15 is 0 Å². The first-order chi connectivity index (χ1) is 16.4. The molecule has 0 saturated heterocycles. The van der Waals surface area contributed by atoms with Crippen LogP contribution in [0.4, 0.5) is 4.39 Å². The average molecular weight is 483 g/mol. The van der Waals surface area contributed by atoms with Crippen LogP contribution in [0.15, 0.2) is 63.5 Å². The summed E-state index contributed by atoms with van der Waals surface area (Å²) < 4.78 is 31.6. The summed E-state index contributed by atoms with van der Waals surface area (Å²) in [7, 11) is 3.07. The van der Waals surface area contributed by atoms with Crippen LogP contribution in [0, 0.1) is 5.82 Å². The van der Waals surface area contributed by atoms with Crippen molar-refractivity contribution in [1.29, 1.82) is 0 Å². The van der Waals surface area contributed by atoms with E-state index in [1.165, 1.54) is 42.3 Å². The van der Waals surface area contributed by atoms with Gasteiger partial charge in [-0.3, -0.25) is 9.36 Å². The third kappa shape index (κ3) is 4.14. The van der Waals surface area contributed by atoms with E-state index in [1.807, 2.05) is 6.07 Å². The van der Waals surface area contributed by atoms with Crippen LogP contribution in [0.25, 0.3) is 6.08 Å². The van der Waals surface area contributed by atoms with Crippen molar-refractivity contribution in [2.45, 2.75) is 19.9 Å². The van der Waals surface area contributed by atoms with Gasteiger partial charge in [-0.05, 0) is 43.7 Å². The smallest absolute Gasteiger partial charge is 0.338 e. The number of para-hydroxylation sites is 1. The molecule has 0 aliphatic carbocycles. The minimum Gasteiger partial charge on any atom is -0.493 e. The molecule has 0 amide bonds. The van der Waals surface area contributed by atoms with Gasteiger partial charge in [-0.1, -0.05) is 35.6 Å². The normalized spacial score (nSPS) is 15.6. The Morgan fingerprint density at radius 3 is 2.56 bits per heavy atom. The number of esters is 1. The van der Waals surface area contributed by atoms with Crippen LogP contribution in [-0.4, -0.2) is 31.4 Å². The highest BCUT2D eigenvalue weighted by Gasteiger charge is 2.33. The number of ether oxygens (including phenoxy) is 3. The Hall–Kier alpha value is -3.72. The van der Waals surface area contributed by atoms with Gasteiger partial charge in [-0.25, -0.2) is 14.2 Å². The highest BCUT2D eigenvalue weighted by atomic mass is 32.1. The van der Waals surface area contributed by atoms with E-state index in [4.69, 9.17) is 14.2 Å². The van der Waals surface area contributed by atoms with Crippen LogP contribution in [0.1, 0.15) is 31.0 Å². The number of nitrogens with zero attached hydrogens (tertiary/aromatic N) is 2. The van der Waals surface area contributed by atoms with Gasteiger partial charge in [0.2, 0.25) is 0 Å². The van der Waals surface area contributed by atoms with Crippen molar-refractivity contribution in [3.63, 3.8) is 0 Å². The molecule has 4 rings (SSSR count). The van der Waals surface area contributed by atoms with E-state index in [0.717, 1.165) is 0 Å². The summed E-state index contributed by atoms with van der Waals surface area (Å²) in [5.74, 6) is 0.0458. The van der Waals surface area contributed by atoms with Gasteiger partial charge in [-0.15, -0.1) is 0 Å². The van der Waals surface area contributed by atoms with E-state index in [9.17, 15) is 14.0 Å². The summed E-state index contributed by atoms with van der Waals surface area (Å²) in [6.45, 7) is 3.58. The molecule has 1 atom stereocenters. The Bertz CT molecular complexity index is 1450. The highest BCUT2D eigenvalue weighted by Crippen LogP contribution is 2.32. The number of fused-ring (bicyclic) bond motifs is 1. The Morgan fingerprint density at radius 2 is 1.91 bits per heavy atom. The Morgan fingerprint density at radius 1 is 1.18 bits per heavy atom. The van der Waals surface area contributed by atoms with Crippen LogP contribution in [0.3, 0.4) is 0 Å². The molecule has 176 valence electrons. The molecule has 0 bridgehead atoms.